The molecule has 2 fully saturated rings. The molecule has 8 heteroatoms. The van der Waals surface area contributed by atoms with Crippen molar-refractivity contribution in [3.63, 3.8) is 0 Å². The van der Waals surface area contributed by atoms with Crippen molar-refractivity contribution in [3.05, 3.63) is 47.3 Å². The summed E-state index contributed by atoms with van der Waals surface area (Å²) in [6.45, 7) is 4.42. The number of sulfonamides is 1. The quantitative estimate of drug-likeness (QED) is 0.780. The highest BCUT2D eigenvalue weighted by Crippen LogP contribution is 2.47. The van der Waals surface area contributed by atoms with Crippen LogP contribution in [0.25, 0.3) is 0 Å². The number of nitrogens with one attached hydrogen (secondary N) is 1. The summed E-state index contributed by atoms with van der Waals surface area (Å²) in [6, 6.07) is 10.3. The number of hydrogen-bond acceptors (Lipinski definition) is 5. The summed E-state index contributed by atoms with van der Waals surface area (Å²) in [5.74, 6) is -0.121. The highest BCUT2D eigenvalue weighted by Gasteiger charge is 2.45. The van der Waals surface area contributed by atoms with Gasteiger partial charge in [-0.05, 0) is 45.1 Å². The third kappa shape index (κ3) is 3.83. The van der Waals surface area contributed by atoms with Crippen LogP contribution in [0.5, 0.6) is 0 Å². The van der Waals surface area contributed by atoms with Gasteiger partial charge in [-0.1, -0.05) is 35.5 Å². The number of carbonyl (C=O) groups excluding carboxylic acids is 1. The Hall–Kier alpha value is -2.19. The lowest BCUT2D eigenvalue weighted by Crippen LogP contribution is -2.46. The van der Waals surface area contributed by atoms with Gasteiger partial charge in [-0.25, -0.2) is 8.42 Å². The first kappa shape index (κ1) is 20.1. The Morgan fingerprint density at radius 2 is 2.00 bits per heavy atom. The summed E-state index contributed by atoms with van der Waals surface area (Å²) in [4.78, 5) is 13.0. The molecule has 1 aliphatic carbocycles. The minimum atomic E-state index is -3.72. The van der Waals surface area contributed by atoms with Gasteiger partial charge in [0.2, 0.25) is 15.9 Å². The lowest BCUT2D eigenvalue weighted by atomic mass is 9.94. The average molecular weight is 418 g/mol. The maximum atomic E-state index is 13.1. The summed E-state index contributed by atoms with van der Waals surface area (Å²) in [6.07, 6.45) is 3.48. The number of aryl methyl sites for hydroxylation is 2. The summed E-state index contributed by atoms with van der Waals surface area (Å²) in [7, 11) is -3.72. The third-order valence-electron chi connectivity index (χ3n) is 6.16. The van der Waals surface area contributed by atoms with Gasteiger partial charge in [-0.15, -0.1) is 0 Å². The van der Waals surface area contributed by atoms with Crippen LogP contribution in [0.2, 0.25) is 0 Å². The van der Waals surface area contributed by atoms with E-state index < -0.39 is 10.0 Å². The van der Waals surface area contributed by atoms with E-state index in [1.54, 1.807) is 13.8 Å². The molecule has 1 amide bonds. The molecule has 1 aromatic carbocycles. The molecule has 2 aromatic rings. The van der Waals surface area contributed by atoms with E-state index >= 15 is 0 Å². The molecule has 1 aromatic heterocycles. The van der Waals surface area contributed by atoms with Crippen molar-refractivity contribution in [3.8, 4) is 0 Å². The zero-order valence-corrected chi connectivity index (χ0v) is 17.7. The molecule has 1 atom stereocenters. The predicted molar refractivity (Wildman–Crippen MR) is 108 cm³/mol. The van der Waals surface area contributed by atoms with Gasteiger partial charge in [0, 0.05) is 25.0 Å². The molecule has 0 radical (unpaired) electrons. The molecular formula is C21H27N3O4S. The number of amides is 1. The van der Waals surface area contributed by atoms with Crippen molar-refractivity contribution in [1.82, 2.24) is 14.8 Å². The normalized spacial score (nSPS) is 21.7. The van der Waals surface area contributed by atoms with Gasteiger partial charge >= 0.3 is 0 Å². The first-order chi connectivity index (χ1) is 13.8. The molecule has 29 heavy (non-hydrogen) atoms. The second kappa shape index (κ2) is 7.57. The maximum Gasteiger partial charge on any atom is 0.248 e. The fraction of sp³-hybridized carbons (Fsp3) is 0.524. The van der Waals surface area contributed by atoms with Crippen LogP contribution >= 0.6 is 0 Å². The molecule has 1 saturated heterocycles. The number of hydrogen-bond donors (Lipinski definition) is 1. The van der Waals surface area contributed by atoms with Gasteiger partial charge in [0.25, 0.3) is 0 Å². The summed E-state index contributed by atoms with van der Waals surface area (Å²) in [5.41, 5.74) is 1.65. The molecule has 1 saturated carbocycles. The van der Waals surface area contributed by atoms with E-state index in [1.807, 2.05) is 18.2 Å². The van der Waals surface area contributed by atoms with Crippen LogP contribution in [0.3, 0.4) is 0 Å². The lowest BCUT2D eigenvalue weighted by molar-refractivity contribution is -0.126. The van der Waals surface area contributed by atoms with Crippen molar-refractivity contribution in [2.24, 2.45) is 5.92 Å². The van der Waals surface area contributed by atoms with E-state index in [0.29, 0.717) is 31.6 Å². The molecule has 2 aliphatic rings. The molecule has 156 valence electrons. The third-order valence-corrected chi connectivity index (χ3v) is 8.27. The van der Waals surface area contributed by atoms with Gasteiger partial charge in [0.15, 0.2) is 5.76 Å². The second-order valence-corrected chi connectivity index (χ2v) is 10.1. The zero-order valence-electron chi connectivity index (χ0n) is 16.8. The number of piperidine rings is 1. The summed E-state index contributed by atoms with van der Waals surface area (Å²) < 4.78 is 32.6. The zero-order chi connectivity index (χ0) is 20.6. The minimum absolute atomic E-state index is 0.0358. The van der Waals surface area contributed by atoms with Gasteiger partial charge < -0.3 is 9.84 Å². The molecule has 1 aliphatic heterocycles. The van der Waals surface area contributed by atoms with Gasteiger partial charge in [-0.3, -0.25) is 4.79 Å². The molecule has 1 unspecified atom stereocenters. The molecule has 0 bridgehead atoms. The Morgan fingerprint density at radius 1 is 1.28 bits per heavy atom. The molecular weight excluding hydrogens is 390 g/mol. The Morgan fingerprint density at radius 3 is 2.62 bits per heavy atom. The van der Waals surface area contributed by atoms with Crippen molar-refractivity contribution in [1.29, 1.82) is 0 Å². The van der Waals surface area contributed by atoms with E-state index in [9.17, 15) is 13.2 Å². The van der Waals surface area contributed by atoms with E-state index in [2.05, 4.69) is 22.6 Å². The van der Waals surface area contributed by atoms with Crippen LogP contribution in [0.1, 0.15) is 42.7 Å². The van der Waals surface area contributed by atoms with Crippen molar-refractivity contribution >= 4 is 15.9 Å². The number of benzene rings is 1. The second-order valence-electron chi connectivity index (χ2n) is 8.22. The standard InChI is InChI=1S/C21H27N3O4S/c1-15-19(16(2)28-23-15)29(26,27)24-12-6-7-17(13-24)20(25)22-14-21(10-11-21)18-8-4-3-5-9-18/h3-5,8-9,17H,6-7,10-14H2,1-2H3,(H,22,25). The summed E-state index contributed by atoms with van der Waals surface area (Å²) >= 11 is 0. The van der Waals surface area contributed by atoms with Crippen LogP contribution in [0.15, 0.2) is 39.8 Å². The highest BCUT2D eigenvalue weighted by atomic mass is 32.2. The first-order valence-corrected chi connectivity index (χ1v) is 11.5. The SMILES string of the molecule is Cc1noc(C)c1S(=O)(=O)N1CCCC(C(=O)NCC2(c3ccccc3)CC2)C1. The monoisotopic (exact) mass is 417 g/mol. The molecule has 7 nitrogen and oxygen atoms in total. The Kier molecular flexibility index (Phi) is 5.25. The fourth-order valence-electron chi connectivity index (χ4n) is 4.26. The van der Waals surface area contributed by atoms with Crippen LogP contribution in [-0.4, -0.2) is 43.4 Å². The molecule has 4 rings (SSSR count). The number of aromatic nitrogens is 1. The first-order valence-electron chi connectivity index (χ1n) is 10.1. The van der Waals surface area contributed by atoms with Gasteiger partial charge in [-0.2, -0.15) is 4.31 Å². The Balaban J connectivity index is 1.42. The number of nitrogens with zero attached hydrogens (tertiary/aromatic N) is 2. The maximum absolute atomic E-state index is 13.1. The molecule has 1 N–H and O–H groups in total. The van der Waals surface area contributed by atoms with Crippen LogP contribution < -0.4 is 5.32 Å². The van der Waals surface area contributed by atoms with E-state index in [1.165, 1.54) is 9.87 Å². The van der Waals surface area contributed by atoms with Crippen molar-refractivity contribution in [2.45, 2.75) is 49.8 Å². The van der Waals surface area contributed by atoms with Crippen LogP contribution in [-0.2, 0) is 20.2 Å². The van der Waals surface area contributed by atoms with E-state index in [4.69, 9.17) is 4.52 Å². The highest BCUT2D eigenvalue weighted by molar-refractivity contribution is 7.89. The van der Waals surface area contributed by atoms with Crippen LogP contribution in [0.4, 0.5) is 0 Å². The fourth-order valence-corrected chi connectivity index (χ4v) is 6.07. The smallest absolute Gasteiger partial charge is 0.248 e. The average Bonchev–Trinajstić information content (AvgIpc) is 3.45. The van der Waals surface area contributed by atoms with Crippen LogP contribution in [0, 0.1) is 19.8 Å². The Bertz CT molecular complexity index is 977. The van der Waals surface area contributed by atoms with E-state index in [0.717, 1.165) is 12.8 Å². The molecule has 2 heterocycles. The largest absolute Gasteiger partial charge is 0.360 e. The Labute approximate surface area is 171 Å². The number of carbonyl (C=O) groups is 1. The van der Waals surface area contributed by atoms with E-state index in [-0.39, 0.29) is 34.4 Å². The predicted octanol–water partition coefficient (Wildman–Crippen LogP) is 2.54. The number of rotatable bonds is 6. The minimum Gasteiger partial charge on any atom is -0.360 e. The van der Waals surface area contributed by atoms with Crippen molar-refractivity contribution < 1.29 is 17.7 Å². The summed E-state index contributed by atoms with van der Waals surface area (Å²) in [5, 5.41) is 6.86. The topological polar surface area (TPSA) is 92.5 Å². The van der Waals surface area contributed by atoms with Gasteiger partial charge in [0.1, 0.15) is 10.6 Å². The van der Waals surface area contributed by atoms with Crippen molar-refractivity contribution in [2.75, 3.05) is 19.6 Å². The van der Waals surface area contributed by atoms with Gasteiger partial charge in [0.05, 0.1) is 5.92 Å². The molecule has 0 spiro atoms. The lowest BCUT2D eigenvalue weighted by Gasteiger charge is -2.31.